The van der Waals surface area contributed by atoms with E-state index in [9.17, 15) is 0 Å². The minimum atomic E-state index is 0.133. The Hall–Kier alpha value is -2.03. The lowest BCUT2D eigenvalue weighted by atomic mass is 9.87. The largest absolute Gasteiger partial charge is 0.481 e. The van der Waals surface area contributed by atoms with Crippen molar-refractivity contribution in [2.24, 2.45) is 0 Å². The Morgan fingerprint density at radius 2 is 1.85 bits per heavy atom. The molecule has 0 unspecified atom stereocenters. The molecular formula is C17H22N2O. The van der Waals surface area contributed by atoms with Crippen molar-refractivity contribution >= 4 is 11.5 Å². The van der Waals surface area contributed by atoms with Crippen molar-refractivity contribution in [3.63, 3.8) is 0 Å². The normalized spacial score (nSPS) is 11.2. The first-order valence-electron chi connectivity index (χ1n) is 6.79. The van der Waals surface area contributed by atoms with Gasteiger partial charge in [-0.2, -0.15) is 4.98 Å². The number of aryl methyl sites for hydroxylation is 1. The van der Waals surface area contributed by atoms with E-state index in [1.807, 2.05) is 19.1 Å². The van der Waals surface area contributed by atoms with Gasteiger partial charge in [-0.15, -0.1) is 0 Å². The average Bonchev–Trinajstić information content (AvgIpc) is 2.41. The maximum atomic E-state index is 5.17. The number of hydrogen-bond donors (Lipinski definition) is 1. The summed E-state index contributed by atoms with van der Waals surface area (Å²) in [5.41, 5.74) is 3.56. The number of benzene rings is 1. The van der Waals surface area contributed by atoms with Crippen LogP contribution in [0, 0.1) is 6.92 Å². The van der Waals surface area contributed by atoms with Gasteiger partial charge in [0.25, 0.3) is 0 Å². The number of methoxy groups -OCH3 is 1. The van der Waals surface area contributed by atoms with E-state index in [-0.39, 0.29) is 5.41 Å². The second-order valence-corrected chi connectivity index (χ2v) is 5.97. The number of aromatic nitrogens is 1. The smallest absolute Gasteiger partial charge is 0.214 e. The van der Waals surface area contributed by atoms with Crippen LogP contribution in [0.2, 0.25) is 0 Å². The minimum Gasteiger partial charge on any atom is -0.481 e. The van der Waals surface area contributed by atoms with E-state index >= 15 is 0 Å². The fourth-order valence-electron chi connectivity index (χ4n) is 1.95. The Balaban J connectivity index is 2.30. The topological polar surface area (TPSA) is 34.1 Å². The highest BCUT2D eigenvalue weighted by Gasteiger charge is 2.14. The van der Waals surface area contributed by atoms with E-state index in [0.717, 1.165) is 17.1 Å². The van der Waals surface area contributed by atoms with E-state index in [4.69, 9.17) is 4.74 Å². The first-order valence-corrected chi connectivity index (χ1v) is 6.79. The fraction of sp³-hybridized carbons (Fsp3) is 0.353. The van der Waals surface area contributed by atoms with Gasteiger partial charge in [-0.25, -0.2) is 0 Å². The van der Waals surface area contributed by atoms with Crippen molar-refractivity contribution in [3.05, 3.63) is 47.5 Å². The van der Waals surface area contributed by atoms with Crippen LogP contribution in [0.5, 0.6) is 5.88 Å². The number of ether oxygens (including phenoxy) is 1. The zero-order chi connectivity index (χ0) is 14.8. The summed E-state index contributed by atoms with van der Waals surface area (Å²) < 4.78 is 5.17. The van der Waals surface area contributed by atoms with Crippen LogP contribution < -0.4 is 10.1 Å². The molecule has 0 saturated heterocycles. The molecule has 1 aromatic heterocycles. The molecule has 1 aromatic carbocycles. The highest BCUT2D eigenvalue weighted by molar-refractivity contribution is 5.60. The highest BCUT2D eigenvalue weighted by atomic mass is 16.5. The van der Waals surface area contributed by atoms with Crippen LogP contribution in [0.3, 0.4) is 0 Å². The Morgan fingerprint density at radius 1 is 1.10 bits per heavy atom. The standard InChI is InChI=1S/C17H22N2O/c1-12-9-10-15(20-5)19-16(12)18-14-8-6-7-13(11-14)17(2,3)4/h6-11H,1-5H3,(H,18,19). The summed E-state index contributed by atoms with van der Waals surface area (Å²) >= 11 is 0. The third-order valence-corrected chi connectivity index (χ3v) is 3.27. The zero-order valence-corrected chi connectivity index (χ0v) is 12.8. The van der Waals surface area contributed by atoms with Crippen molar-refractivity contribution in [3.8, 4) is 5.88 Å². The molecule has 0 bridgehead atoms. The molecule has 0 saturated carbocycles. The molecule has 0 atom stereocenters. The van der Waals surface area contributed by atoms with E-state index in [2.05, 4.69) is 55.3 Å². The highest BCUT2D eigenvalue weighted by Crippen LogP contribution is 2.27. The molecule has 20 heavy (non-hydrogen) atoms. The summed E-state index contributed by atoms with van der Waals surface area (Å²) in [6.07, 6.45) is 0. The maximum Gasteiger partial charge on any atom is 0.214 e. The predicted molar refractivity (Wildman–Crippen MR) is 84.0 cm³/mol. The van der Waals surface area contributed by atoms with Crippen molar-refractivity contribution in [2.45, 2.75) is 33.1 Å². The van der Waals surface area contributed by atoms with Crippen LogP contribution in [0.4, 0.5) is 11.5 Å². The third kappa shape index (κ3) is 3.29. The number of anilines is 2. The van der Waals surface area contributed by atoms with E-state index in [1.165, 1.54) is 5.56 Å². The van der Waals surface area contributed by atoms with E-state index in [0.29, 0.717) is 5.88 Å². The molecule has 1 N–H and O–H groups in total. The summed E-state index contributed by atoms with van der Waals surface area (Å²) in [4.78, 5) is 4.44. The number of rotatable bonds is 3. The van der Waals surface area contributed by atoms with Gasteiger partial charge in [0.15, 0.2) is 0 Å². The van der Waals surface area contributed by atoms with E-state index < -0.39 is 0 Å². The lowest BCUT2D eigenvalue weighted by Crippen LogP contribution is -2.11. The van der Waals surface area contributed by atoms with Gasteiger partial charge < -0.3 is 10.1 Å². The van der Waals surface area contributed by atoms with Gasteiger partial charge in [0.05, 0.1) is 7.11 Å². The van der Waals surface area contributed by atoms with Crippen molar-refractivity contribution in [1.82, 2.24) is 4.98 Å². The van der Waals surface area contributed by atoms with Gasteiger partial charge in [0, 0.05) is 11.8 Å². The molecule has 0 amide bonds. The molecule has 2 rings (SSSR count). The number of hydrogen-bond acceptors (Lipinski definition) is 3. The molecule has 0 aliphatic carbocycles. The van der Waals surface area contributed by atoms with Gasteiger partial charge in [-0.05, 0) is 35.6 Å². The summed E-state index contributed by atoms with van der Waals surface area (Å²) in [5, 5.41) is 3.37. The molecule has 1 heterocycles. The van der Waals surface area contributed by atoms with Crippen LogP contribution in [-0.2, 0) is 5.41 Å². The monoisotopic (exact) mass is 270 g/mol. The van der Waals surface area contributed by atoms with Gasteiger partial charge in [-0.1, -0.05) is 39.0 Å². The minimum absolute atomic E-state index is 0.133. The zero-order valence-electron chi connectivity index (χ0n) is 12.8. The van der Waals surface area contributed by atoms with Crippen LogP contribution in [0.15, 0.2) is 36.4 Å². The van der Waals surface area contributed by atoms with Gasteiger partial charge >= 0.3 is 0 Å². The molecule has 0 spiro atoms. The Morgan fingerprint density at radius 3 is 2.50 bits per heavy atom. The van der Waals surface area contributed by atoms with Crippen LogP contribution in [0.1, 0.15) is 31.9 Å². The second kappa shape index (κ2) is 5.53. The molecule has 3 nitrogen and oxygen atoms in total. The molecule has 0 aliphatic rings. The Kier molecular flexibility index (Phi) is 3.98. The molecule has 0 fully saturated rings. The summed E-state index contributed by atoms with van der Waals surface area (Å²) in [5.74, 6) is 1.44. The lowest BCUT2D eigenvalue weighted by molar-refractivity contribution is 0.398. The Bertz CT molecular complexity index is 600. The number of nitrogens with zero attached hydrogens (tertiary/aromatic N) is 1. The number of nitrogens with one attached hydrogen (secondary N) is 1. The van der Waals surface area contributed by atoms with E-state index in [1.54, 1.807) is 7.11 Å². The average molecular weight is 270 g/mol. The summed E-state index contributed by atoms with van der Waals surface area (Å²) in [6.45, 7) is 8.66. The summed E-state index contributed by atoms with van der Waals surface area (Å²) in [6, 6.07) is 12.3. The van der Waals surface area contributed by atoms with Gasteiger partial charge in [0.2, 0.25) is 5.88 Å². The first kappa shape index (κ1) is 14.4. The van der Waals surface area contributed by atoms with Crippen LogP contribution in [0.25, 0.3) is 0 Å². The lowest BCUT2D eigenvalue weighted by Gasteiger charge is -2.20. The quantitative estimate of drug-likeness (QED) is 0.895. The van der Waals surface area contributed by atoms with Gasteiger partial charge in [-0.3, -0.25) is 0 Å². The summed E-state index contributed by atoms with van der Waals surface area (Å²) in [7, 11) is 1.63. The molecule has 106 valence electrons. The first-order chi connectivity index (χ1) is 9.40. The molecule has 2 aromatic rings. The van der Waals surface area contributed by atoms with Crippen molar-refractivity contribution in [1.29, 1.82) is 0 Å². The molecule has 0 radical (unpaired) electrons. The maximum absolute atomic E-state index is 5.17. The van der Waals surface area contributed by atoms with Crippen LogP contribution in [-0.4, -0.2) is 12.1 Å². The third-order valence-electron chi connectivity index (χ3n) is 3.27. The van der Waals surface area contributed by atoms with Crippen LogP contribution >= 0.6 is 0 Å². The Labute approximate surface area is 121 Å². The molecule has 0 aliphatic heterocycles. The van der Waals surface area contributed by atoms with Crippen molar-refractivity contribution < 1.29 is 4.74 Å². The predicted octanol–water partition coefficient (Wildman–Crippen LogP) is 4.44. The molecule has 3 heteroatoms. The molecular weight excluding hydrogens is 248 g/mol. The second-order valence-electron chi connectivity index (χ2n) is 5.97. The van der Waals surface area contributed by atoms with Crippen molar-refractivity contribution in [2.75, 3.05) is 12.4 Å². The fourth-order valence-corrected chi connectivity index (χ4v) is 1.95. The SMILES string of the molecule is COc1ccc(C)c(Nc2cccc(C(C)(C)C)c2)n1. The van der Waals surface area contributed by atoms with Gasteiger partial charge in [0.1, 0.15) is 5.82 Å². The number of pyridine rings is 1.